The average molecular weight is 617 g/mol. The molecular weight excluding hydrogens is 581 g/mol. The Morgan fingerprint density at radius 2 is 1.08 bits per heavy atom. The van der Waals surface area contributed by atoms with Crippen LogP contribution < -0.4 is 9.80 Å². The van der Waals surface area contributed by atoms with Crippen molar-refractivity contribution in [3.05, 3.63) is 199 Å². The minimum Gasteiger partial charge on any atom is -0.313 e. The molecule has 0 spiro atoms. The lowest BCUT2D eigenvalue weighted by molar-refractivity contribution is 1.09. The Balaban J connectivity index is 1.15. The SMILES string of the molecule is C1=CC=C(N(c2ccc(-c3ccc(N(c4ccccc4)c4cccc5c4C=CCC=C5)cc3)cc2)c2cccc3ccccc23)CC=C1. The molecule has 0 radical (unpaired) electrons. The predicted molar refractivity (Wildman–Crippen MR) is 206 cm³/mol. The van der Waals surface area contributed by atoms with Gasteiger partial charge < -0.3 is 9.80 Å². The summed E-state index contributed by atoms with van der Waals surface area (Å²) in [6.07, 6.45) is 21.6. The van der Waals surface area contributed by atoms with Crippen molar-refractivity contribution in [1.29, 1.82) is 0 Å². The molecule has 0 aliphatic heterocycles. The molecule has 2 aliphatic carbocycles. The van der Waals surface area contributed by atoms with Gasteiger partial charge in [0.2, 0.25) is 0 Å². The van der Waals surface area contributed by atoms with E-state index in [-0.39, 0.29) is 0 Å². The number of nitrogens with zero attached hydrogens (tertiary/aromatic N) is 2. The Morgan fingerprint density at radius 1 is 0.438 bits per heavy atom. The second-order valence-electron chi connectivity index (χ2n) is 12.1. The van der Waals surface area contributed by atoms with E-state index in [1.807, 2.05) is 0 Å². The van der Waals surface area contributed by atoms with Gasteiger partial charge in [0.25, 0.3) is 0 Å². The third kappa shape index (κ3) is 5.81. The molecule has 0 aromatic heterocycles. The van der Waals surface area contributed by atoms with Crippen LogP contribution in [0.3, 0.4) is 0 Å². The number of allylic oxidation sites excluding steroid dienone is 7. The monoisotopic (exact) mass is 616 g/mol. The summed E-state index contributed by atoms with van der Waals surface area (Å²) in [5.41, 5.74) is 11.8. The Kier molecular flexibility index (Phi) is 8.13. The van der Waals surface area contributed by atoms with Crippen LogP contribution in [-0.2, 0) is 0 Å². The topological polar surface area (TPSA) is 6.48 Å². The summed E-state index contributed by atoms with van der Waals surface area (Å²) < 4.78 is 0. The number of hydrogen-bond acceptors (Lipinski definition) is 2. The highest BCUT2D eigenvalue weighted by atomic mass is 15.2. The van der Waals surface area contributed by atoms with Crippen LogP contribution in [0.15, 0.2) is 188 Å². The minimum absolute atomic E-state index is 0.855. The lowest BCUT2D eigenvalue weighted by atomic mass is 10.0. The van der Waals surface area contributed by atoms with Gasteiger partial charge in [0, 0.05) is 40.1 Å². The molecule has 0 saturated carbocycles. The van der Waals surface area contributed by atoms with Gasteiger partial charge in [-0.3, -0.25) is 0 Å². The first-order chi connectivity index (χ1) is 23.8. The largest absolute Gasteiger partial charge is 0.313 e. The highest BCUT2D eigenvalue weighted by molar-refractivity contribution is 5.97. The number of fused-ring (bicyclic) bond motifs is 2. The summed E-state index contributed by atoms with van der Waals surface area (Å²) >= 11 is 0. The summed E-state index contributed by atoms with van der Waals surface area (Å²) in [6.45, 7) is 0. The number of benzene rings is 6. The van der Waals surface area contributed by atoms with E-state index in [0.717, 1.165) is 29.9 Å². The molecule has 48 heavy (non-hydrogen) atoms. The zero-order chi connectivity index (χ0) is 32.1. The second kappa shape index (κ2) is 13.3. The molecule has 0 N–H and O–H groups in total. The van der Waals surface area contributed by atoms with Crippen LogP contribution >= 0.6 is 0 Å². The zero-order valence-electron chi connectivity index (χ0n) is 26.8. The van der Waals surface area contributed by atoms with Crippen LogP contribution in [0, 0.1) is 0 Å². The molecule has 2 heteroatoms. The zero-order valence-corrected chi connectivity index (χ0v) is 26.8. The average Bonchev–Trinajstić information content (AvgIpc) is 3.57. The molecule has 8 rings (SSSR count). The van der Waals surface area contributed by atoms with Crippen molar-refractivity contribution < 1.29 is 0 Å². The molecule has 0 heterocycles. The lowest BCUT2D eigenvalue weighted by Crippen LogP contribution is -2.16. The van der Waals surface area contributed by atoms with Crippen LogP contribution in [0.1, 0.15) is 24.0 Å². The van der Waals surface area contributed by atoms with Crippen LogP contribution in [0.25, 0.3) is 34.1 Å². The molecule has 0 saturated heterocycles. The van der Waals surface area contributed by atoms with Gasteiger partial charge in [-0.2, -0.15) is 0 Å². The second-order valence-corrected chi connectivity index (χ2v) is 12.1. The van der Waals surface area contributed by atoms with E-state index in [0.29, 0.717) is 0 Å². The van der Waals surface area contributed by atoms with Crippen LogP contribution in [0.2, 0.25) is 0 Å². The van der Waals surface area contributed by atoms with Crippen molar-refractivity contribution in [3.8, 4) is 11.1 Å². The fraction of sp³-hybridized carbons (Fsp3) is 0.0435. The lowest BCUT2D eigenvalue weighted by Gasteiger charge is -2.29. The van der Waals surface area contributed by atoms with Crippen molar-refractivity contribution >= 4 is 51.4 Å². The van der Waals surface area contributed by atoms with Crippen molar-refractivity contribution in [3.63, 3.8) is 0 Å². The third-order valence-corrected chi connectivity index (χ3v) is 9.08. The van der Waals surface area contributed by atoms with Crippen LogP contribution in [0.4, 0.5) is 28.4 Å². The smallest absolute Gasteiger partial charge is 0.0539 e. The molecule has 6 aromatic rings. The number of hydrogen-bond donors (Lipinski definition) is 0. The van der Waals surface area contributed by atoms with Gasteiger partial charge in [-0.15, -0.1) is 0 Å². The number of para-hydroxylation sites is 1. The van der Waals surface area contributed by atoms with E-state index >= 15 is 0 Å². The Labute approximate surface area is 283 Å². The Hall–Kier alpha value is -6.12. The normalized spacial score (nSPS) is 13.5. The van der Waals surface area contributed by atoms with E-state index in [1.165, 1.54) is 50.1 Å². The van der Waals surface area contributed by atoms with E-state index in [1.54, 1.807) is 0 Å². The van der Waals surface area contributed by atoms with Gasteiger partial charge in [0.1, 0.15) is 0 Å². The first kappa shape index (κ1) is 29.3. The quantitative estimate of drug-likeness (QED) is 0.176. The summed E-state index contributed by atoms with van der Waals surface area (Å²) in [7, 11) is 0. The van der Waals surface area contributed by atoms with Gasteiger partial charge >= 0.3 is 0 Å². The third-order valence-electron chi connectivity index (χ3n) is 9.08. The Bertz CT molecular complexity index is 2210. The number of rotatable bonds is 7. The summed E-state index contributed by atoms with van der Waals surface area (Å²) in [5, 5.41) is 2.48. The summed E-state index contributed by atoms with van der Waals surface area (Å²) in [6, 6.07) is 50.4. The van der Waals surface area contributed by atoms with Gasteiger partial charge in [-0.25, -0.2) is 0 Å². The fourth-order valence-corrected chi connectivity index (χ4v) is 6.76. The first-order valence-electron chi connectivity index (χ1n) is 16.7. The van der Waals surface area contributed by atoms with E-state index < -0.39 is 0 Å². The Morgan fingerprint density at radius 3 is 1.90 bits per heavy atom. The maximum atomic E-state index is 2.40. The standard InChI is InChI=1S/C46H36N2/c1-2-7-20-39(19-6-1)47(46-26-14-18-38-16-11-12-24-44(38)46)41-31-27-35(28-32-41)36-29-33-42(34-30-36)48(40-21-8-4-9-22-40)45-25-13-17-37-15-5-3-10-23-43(37)45/h1-2,4-19,21-34H,3,20H2. The number of anilines is 5. The molecule has 2 aliphatic rings. The van der Waals surface area contributed by atoms with E-state index in [4.69, 9.17) is 0 Å². The molecule has 2 nitrogen and oxygen atoms in total. The van der Waals surface area contributed by atoms with Crippen LogP contribution in [-0.4, -0.2) is 0 Å². The summed E-state index contributed by atoms with van der Waals surface area (Å²) in [4.78, 5) is 4.76. The highest BCUT2D eigenvalue weighted by Crippen LogP contribution is 2.41. The van der Waals surface area contributed by atoms with E-state index in [9.17, 15) is 0 Å². The molecule has 0 unspecified atom stereocenters. The molecular formula is C46H36N2. The maximum absolute atomic E-state index is 2.40. The van der Waals surface area contributed by atoms with Crippen molar-refractivity contribution in [2.75, 3.05) is 9.80 Å². The fourth-order valence-electron chi connectivity index (χ4n) is 6.76. The molecule has 0 bridgehead atoms. The summed E-state index contributed by atoms with van der Waals surface area (Å²) in [5.74, 6) is 0. The van der Waals surface area contributed by atoms with Crippen LogP contribution in [0.5, 0.6) is 0 Å². The molecule has 230 valence electrons. The van der Waals surface area contributed by atoms with Gasteiger partial charge in [-0.1, -0.05) is 140 Å². The van der Waals surface area contributed by atoms with Gasteiger partial charge in [0.05, 0.1) is 11.4 Å². The molecule has 0 fully saturated rings. The highest BCUT2D eigenvalue weighted by Gasteiger charge is 2.19. The van der Waals surface area contributed by atoms with Gasteiger partial charge in [-0.05, 0) is 83.1 Å². The van der Waals surface area contributed by atoms with Crippen molar-refractivity contribution in [2.24, 2.45) is 0 Å². The van der Waals surface area contributed by atoms with Crippen molar-refractivity contribution in [1.82, 2.24) is 0 Å². The molecule has 0 atom stereocenters. The molecule has 0 amide bonds. The first-order valence-corrected chi connectivity index (χ1v) is 16.7. The maximum Gasteiger partial charge on any atom is 0.0539 e. The molecule has 6 aromatic carbocycles. The van der Waals surface area contributed by atoms with E-state index in [2.05, 4.69) is 204 Å². The van der Waals surface area contributed by atoms with Crippen molar-refractivity contribution in [2.45, 2.75) is 12.8 Å². The predicted octanol–water partition coefficient (Wildman–Crippen LogP) is 12.9. The minimum atomic E-state index is 0.855. The van der Waals surface area contributed by atoms with Gasteiger partial charge in [0.15, 0.2) is 0 Å².